The van der Waals surface area contributed by atoms with E-state index in [1.807, 2.05) is 6.26 Å². The van der Waals surface area contributed by atoms with E-state index in [1.54, 1.807) is 20.4 Å². The summed E-state index contributed by atoms with van der Waals surface area (Å²) in [6, 6.07) is 0. The van der Waals surface area contributed by atoms with Crippen molar-refractivity contribution in [3.8, 4) is 0 Å². The second-order valence-corrected chi connectivity index (χ2v) is 9.63. The Kier molecular flexibility index (Phi) is 5.57. The van der Waals surface area contributed by atoms with Crippen molar-refractivity contribution in [2.75, 3.05) is 32.4 Å². The SMILES string of the molecule is CSC1(C(N)=S)CCN(S(=O)(=O)N2CCCC(C)C2)CC1. The first kappa shape index (κ1) is 17.5. The molecule has 5 nitrogen and oxygen atoms in total. The van der Waals surface area contributed by atoms with Gasteiger partial charge >= 0.3 is 0 Å². The summed E-state index contributed by atoms with van der Waals surface area (Å²) in [4.78, 5) is 0.499. The Morgan fingerprint density at radius 3 is 2.38 bits per heavy atom. The Balaban J connectivity index is 2.05. The van der Waals surface area contributed by atoms with Crippen molar-refractivity contribution >= 4 is 39.2 Å². The maximum absolute atomic E-state index is 12.7. The van der Waals surface area contributed by atoms with Gasteiger partial charge in [0.2, 0.25) is 0 Å². The summed E-state index contributed by atoms with van der Waals surface area (Å²) in [5.74, 6) is 0.445. The fourth-order valence-corrected chi connectivity index (χ4v) is 6.17. The molecule has 122 valence electrons. The number of hydrogen-bond acceptors (Lipinski definition) is 4. The van der Waals surface area contributed by atoms with Gasteiger partial charge in [0, 0.05) is 26.2 Å². The third-order valence-corrected chi connectivity index (χ3v) is 8.57. The van der Waals surface area contributed by atoms with Crippen molar-refractivity contribution in [3.63, 3.8) is 0 Å². The van der Waals surface area contributed by atoms with Crippen LogP contribution in [0.1, 0.15) is 32.6 Å². The van der Waals surface area contributed by atoms with E-state index >= 15 is 0 Å². The van der Waals surface area contributed by atoms with Crippen LogP contribution in [0.25, 0.3) is 0 Å². The van der Waals surface area contributed by atoms with Crippen LogP contribution in [0.4, 0.5) is 0 Å². The molecule has 2 aliphatic heterocycles. The summed E-state index contributed by atoms with van der Waals surface area (Å²) in [6.45, 7) is 4.41. The Morgan fingerprint density at radius 2 is 1.90 bits per heavy atom. The second-order valence-electron chi connectivity index (χ2n) is 6.07. The third-order valence-electron chi connectivity index (χ3n) is 4.64. The highest BCUT2D eigenvalue weighted by atomic mass is 32.2. The van der Waals surface area contributed by atoms with Gasteiger partial charge in [-0.05, 0) is 37.9 Å². The smallest absolute Gasteiger partial charge is 0.281 e. The van der Waals surface area contributed by atoms with E-state index in [1.165, 1.54) is 0 Å². The van der Waals surface area contributed by atoms with Gasteiger partial charge in [-0.1, -0.05) is 19.1 Å². The quantitative estimate of drug-likeness (QED) is 0.777. The largest absolute Gasteiger partial charge is 0.392 e. The molecule has 1 atom stereocenters. The van der Waals surface area contributed by atoms with Gasteiger partial charge in [-0.25, -0.2) is 0 Å². The first-order chi connectivity index (χ1) is 9.82. The van der Waals surface area contributed by atoms with Gasteiger partial charge < -0.3 is 5.73 Å². The van der Waals surface area contributed by atoms with Crippen molar-refractivity contribution < 1.29 is 8.42 Å². The third kappa shape index (κ3) is 3.55. The van der Waals surface area contributed by atoms with Gasteiger partial charge in [-0.2, -0.15) is 28.8 Å². The maximum atomic E-state index is 12.7. The zero-order valence-corrected chi connectivity index (χ0v) is 15.2. The lowest BCUT2D eigenvalue weighted by molar-refractivity contribution is 0.245. The van der Waals surface area contributed by atoms with Crippen LogP contribution in [0.2, 0.25) is 0 Å². The Bertz CT molecular complexity index is 487. The molecule has 2 N–H and O–H groups in total. The van der Waals surface area contributed by atoms with E-state index in [-0.39, 0.29) is 4.75 Å². The van der Waals surface area contributed by atoms with Crippen molar-refractivity contribution in [1.29, 1.82) is 0 Å². The van der Waals surface area contributed by atoms with Crippen LogP contribution in [0, 0.1) is 5.92 Å². The van der Waals surface area contributed by atoms with E-state index in [9.17, 15) is 8.42 Å². The first-order valence-electron chi connectivity index (χ1n) is 7.42. The highest BCUT2D eigenvalue weighted by Crippen LogP contribution is 2.36. The van der Waals surface area contributed by atoms with Gasteiger partial charge in [-0.3, -0.25) is 0 Å². The standard InChI is InChI=1S/C13H25N3O2S3/c1-11-4-3-7-16(10-11)21(17,18)15-8-5-13(20-2,6-9-15)12(14)19/h11H,3-10H2,1-2H3,(H2,14,19). The number of rotatable bonds is 4. The van der Waals surface area contributed by atoms with Crippen LogP contribution in [-0.2, 0) is 10.2 Å². The minimum atomic E-state index is -3.33. The Morgan fingerprint density at radius 1 is 1.29 bits per heavy atom. The molecule has 0 saturated carbocycles. The van der Waals surface area contributed by atoms with Gasteiger partial charge in [0.15, 0.2) is 0 Å². The van der Waals surface area contributed by atoms with Crippen molar-refractivity contribution in [3.05, 3.63) is 0 Å². The molecule has 21 heavy (non-hydrogen) atoms. The summed E-state index contributed by atoms with van der Waals surface area (Å²) < 4.78 is 28.5. The monoisotopic (exact) mass is 351 g/mol. The van der Waals surface area contributed by atoms with Gasteiger partial charge in [0.25, 0.3) is 10.2 Å². The summed E-state index contributed by atoms with van der Waals surface area (Å²) in [5.41, 5.74) is 5.86. The van der Waals surface area contributed by atoms with Crippen molar-refractivity contribution in [1.82, 2.24) is 8.61 Å². The van der Waals surface area contributed by atoms with Crippen molar-refractivity contribution in [2.24, 2.45) is 11.7 Å². The number of thiocarbonyl (C=S) groups is 1. The molecule has 2 aliphatic rings. The van der Waals surface area contributed by atoms with Crippen LogP contribution < -0.4 is 5.73 Å². The van der Waals surface area contributed by atoms with Crippen LogP contribution in [0.3, 0.4) is 0 Å². The molecule has 0 bridgehead atoms. The molecule has 0 amide bonds. The predicted octanol–water partition coefficient (Wildman–Crippen LogP) is 1.45. The highest BCUT2D eigenvalue weighted by Gasteiger charge is 2.41. The number of piperidine rings is 2. The van der Waals surface area contributed by atoms with Crippen LogP contribution in [-0.4, -0.2) is 59.2 Å². The van der Waals surface area contributed by atoms with Gasteiger partial charge in [0.1, 0.15) is 0 Å². The number of nitrogens with zero attached hydrogens (tertiary/aromatic N) is 2. The lowest BCUT2D eigenvalue weighted by Gasteiger charge is -2.41. The molecule has 2 heterocycles. The molecule has 0 aromatic rings. The van der Waals surface area contributed by atoms with Gasteiger partial charge in [0.05, 0.1) is 9.74 Å². The summed E-state index contributed by atoms with van der Waals surface area (Å²) in [5, 5.41) is 0. The second kappa shape index (κ2) is 6.70. The normalized spacial score (nSPS) is 28.4. The van der Waals surface area contributed by atoms with Crippen LogP contribution in [0.5, 0.6) is 0 Å². The molecular weight excluding hydrogens is 326 g/mol. The summed E-state index contributed by atoms with van der Waals surface area (Å²) >= 11 is 6.83. The first-order valence-corrected chi connectivity index (χ1v) is 10.4. The fourth-order valence-electron chi connectivity index (χ4n) is 3.15. The molecule has 2 saturated heterocycles. The lowest BCUT2D eigenvalue weighted by Crippen LogP contribution is -2.54. The molecule has 2 rings (SSSR count). The van der Waals surface area contributed by atoms with Crippen molar-refractivity contribution in [2.45, 2.75) is 37.4 Å². The molecule has 8 heteroatoms. The summed E-state index contributed by atoms with van der Waals surface area (Å²) in [7, 11) is -3.33. The number of thioether (sulfide) groups is 1. The van der Waals surface area contributed by atoms with Crippen LogP contribution in [0.15, 0.2) is 0 Å². The van der Waals surface area contributed by atoms with Gasteiger partial charge in [-0.15, -0.1) is 0 Å². The molecule has 0 aliphatic carbocycles. The minimum Gasteiger partial charge on any atom is -0.392 e. The molecule has 2 fully saturated rings. The average Bonchev–Trinajstić information content (AvgIpc) is 2.47. The molecule has 0 aromatic carbocycles. The maximum Gasteiger partial charge on any atom is 0.281 e. The highest BCUT2D eigenvalue weighted by molar-refractivity contribution is 8.02. The Hall–Kier alpha value is 0.110. The van der Waals surface area contributed by atoms with E-state index in [4.69, 9.17) is 18.0 Å². The van der Waals surface area contributed by atoms with E-state index < -0.39 is 10.2 Å². The fraction of sp³-hybridized carbons (Fsp3) is 0.923. The number of hydrogen-bond donors (Lipinski definition) is 1. The number of nitrogens with two attached hydrogens (primary N) is 1. The summed E-state index contributed by atoms with van der Waals surface area (Å²) in [6.07, 6.45) is 5.47. The molecule has 0 spiro atoms. The topological polar surface area (TPSA) is 66.6 Å². The van der Waals surface area contributed by atoms with E-state index in [0.29, 0.717) is 49.9 Å². The minimum absolute atomic E-state index is 0.240. The predicted molar refractivity (Wildman–Crippen MR) is 92.7 cm³/mol. The zero-order chi connectivity index (χ0) is 15.7. The zero-order valence-electron chi connectivity index (χ0n) is 12.7. The molecule has 1 unspecified atom stereocenters. The average molecular weight is 352 g/mol. The molecule has 0 radical (unpaired) electrons. The van der Waals surface area contributed by atoms with E-state index in [0.717, 1.165) is 12.8 Å². The Labute approximate surface area is 137 Å². The van der Waals surface area contributed by atoms with Crippen LogP contribution >= 0.6 is 24.0 Å². The molecular formula is C13H25N3O2S3. The van der Waals surface area contributed by atoms with E-state index in [2.05, 4.69) is 6.92 Å². The molecule has 0 aromatic heterocycles. The lowest BCUT2D eigenvalue weighted by atomic mass is 9.97.